The van der Waals surface area contributed by atoms with Crippen LogP contribution < -0.4 is 4.90 Å². The number of hydrogen-bond donors (Lipinski definition) is 0. The van der Waals surface area contributed by atoms with Gasteiger partial charge in [-0.15, -0.1) is 0 Å². The normalized spacial score (nSPS) is 20.6. The third kappa shape index (κ3) is 4.17. The monoisotopic (exact) mass is 343 g/mol. The molecule has 2 aromatic heterocycles. The van der Waals surface area contributed by atoms with Gasteiger partial charge in [-0.2, -0.15) is 5.10 Å². The molecule has 134 valence electrons. The zero-order valence-electron chi connectivity index (χ0n) is 15.2. The maximum atomic E-state index is 12.6. The van der Waals surface area contributed by atoms with E-state index in [2.05, 4.69) is 28.8 Å². The molecule has 7 heteroatoms. The van der Waals surface area contributed by atoms with Crippen LogP contribution in [0.1, 0.15) is 29.8 Å². The van der Waals surface area contributed by atoms with Crippen molar-refractivity contribution in [2.75, 3.05) is 25.0 Å². The summed E-state index contributed by atoms with van der Waals surface area (Å²) in [6.07, 6.45) is 5.69. The molecule has 0 spiro atoms. The van der Waals surface area contributed by atoms with Crippen LogP contribution in [-0.4, -0.2) is 57.9 Å². The van der Waals surface area contributed by atoms with Crippen LogP contribution >= 0.6 is 0 Å². The highest BCUT2D eigenvalue weighted by molar-refractivity contribution is 5.93. The molecule has 3 rings (SSSR count). The number of morpholine rings is 1. The second kappa shape index (κ2) is 7.23. The average molecular weight is 343 g/mol. The number of ether oxygens (including phenoxy) is 1. The van der Waals surface area contributed by atoms with Gasteiger partial charge in [0.25, 0.3) is 5.91 Å². The number of amides is 1. The fraction of sp³-hybridized carbons (Fsp3) is 0.500. The maximum Gasteiger partial charge on any atom is 0.255 e. The number of aryl methyl sites for hydroxylation is 1. The van der Waals surface area contributed by atoms with Gasteiger partial charge in [0, 0.05) is 51.7 Å². The molecular weight excluding hydrogens is 318 g/mol. The lowest BCUT2D eigenvalue weighted by atomic mass is 10.2. The lowest BCUT2D eigenvalue weighted by Gasteiger charge is -2.36. The van der Waals surface area contributed by atoms with Gasteiger partial charge in [0.15, 0.2) is 0 Å². The highest BCUT2D eigenvalue weighted by atomic mass is 16.5. The summed E-state index contributed by atoms with van der Waals surface area (Å²) >= 11 is 0. The third-order valence-electron chi connectivity index (χ3n) is 4.26. The summed E-state index contributed by atoms with van der Waals surface area (Å²) in [4.78, 5) is 20.9. The first-order chi connectivity index (χ1) is 11.9. The second-order valence-electron chi connectivity index (χ2n) is 6.75. The van der Waals surface area contributed by atoms with Gasteiger partial charge in [-0.25, -0.2) is 4.98 Å². The maximum absolute atomic E-state index is 12.6. The van der Waals surface area contributed by atoms with E-state index in [9.17, 15) is 4.79 Å². The lowest BCUT2D eigenvalue weighted by molar-refractivity contribution is -0.00546. The number of hydrogen-bond acceptors (Lipinski definition) is 5. The fourth-order valence-corrected chi connectivity index (χ4v) is 3.18. The fourth-order valence-electron chi connectivity index (χ4n) is 3.18. The van der Waals surface area contributed by atoms with E-state index < -0.39 is 0 Å². The first-order valence-electron chi connectivity index (χ1n) is 8.52. The molecule has 0 saturated carbocycles. The van der Waals surface area contributed by atoms with Crippen LogP contribution in [0.5, 0.6) is 0 Å². The van der Waals surface area contributed by atoms with Crippen molar-refractivity contribution < 1.29 is 9.53 Å². The predicted molar refractivity (Wildman–Crippen MR) is 95.5 cm³/mol. The Balaban J connectivity index is 1.65. The Morgan fingerprint density at radius 1 is 1.28 bits per heavy atom. The van der Waals surface area contributed by atoms with E-state index in [1.807, 2.05) is 25.4 Å². The average Bonchev–Trinajstić information content (AvgIpc) is 2.98. The van der Waals surface area contributed by atoms with Crippen molar-refractivity contribution in [2.45, 2.75) is 32.6 Å². The van der Waals surface area contributed by atoms with Crippen LogP contribution in [-0.2, 0) is 18.3 Å². The highest BCUT2D eigenvalue weighted by Crippen LogP contribution is 2.19. The van der Waals surface area contributed by atoms with Crippen LogP contribution in [0.15, 0.2) is 30.7 Å². The molecule has 1 aliphatic rings. The summed E-state index contributed by atoms with van der Waals surface area (Å²) in [6.45, 7) is 6.27. The Kier molecular flexibility index (Phi) is 5.03. The first-order valence-corrected chi connectivity index (χ1v) is 8.52. The van der Waals surface area contributed by atoms with Crippen molar-refractivity contribution in [1.29, 1.82) is 0 Å². The van der Waals surface area contributed by atoms with Crippen molar-refractivity contribution in [3.63, 3.8) is 0 Å². The summed E-state index contributed by atoms with van der Waals surface area (Å²) in [5, 5.41) is 4.13. The van der Waals surface area contributed by atoms with E-state index >= 15 is 0 Å². The summed E-state index contributed by atoms with van der Waals surface area (Å²) in [5.74, 6) is 0.833. The van der Waals surface area contributed by atoms with E-state index in [0.717, 1.165) is 24.5 Å². The number of pyridine rings is 1. The second-order valence-corrected chi connectivity index (χ2v) is 6.75. The zero-order valence-corrected chi connectivity index (χ0v) is 15.2. The Bertz CT molecular complexity index is 717. The minimum absolute atomic E-state index is 0.0494. The quantitative estimate of drug-likeness (QED) is 0.845. The molecule has 1 amide bonds. The molecule has 2 aromatic rings. The summed E-state index contributed by atoms with van der Waals surface area (Å²) < 4.78 is 7.48. The van der Waals surface area contributed by atoms with Crippen LogP contribution in [0, 0.1) is 0 Å². The van der Waals surface area contributed by atoms with Gasteiger partial charge in [-0.05, 0) is 26.0 Å². The minimum Gasteiger partial charge on any atom is -0.372 e. The molecule has 0 bridgehead atoms. The van der Waals surface area contributed by atoms with E-state index in [1.54, 1.807) is 29.0 Å². The number of carbonyl (C=O) groups excluding carboxylic acids is 1. The first kappa shape index (κ1) is 17.4. The van der Waals surface area contributed by atoms with Gasteiger partial charge in [-0.3, -0.25) is 9.48 Å². The number of nitrogens with zero attached hydrogens (tertiary/aromatic N) is 5. The van der Waals surface area contributed by atoms with Crippen molar-refractivity contribution >= 4 is 11.7 Å². The molecule has 0 radical (unpaired) electrons. The number of carbonyl (C=O) groups is 1. The summed E-state index contributed by atoms with van der Waals surface area (Å²) in [7, 11) is 3.65. The molecule has 2 atom stereocenters. The Morgan fingerprint density at radius 3 is 2.56 bits per heavy atom. The van der Waals surface area contributed by atoms with Gasteiger partial charge in [0.05, 0.1) is 24.0 Å². The summed E-state index contributed by atoms with van der Waals surface area (Å²) in [5.41, 5.74) is 1.59. The molecule has 1 fully saturated rings. The van der Waals surface area contributed by atoms with E-state index in [0.29, 0.717) is 12.1 Å². The predicted octanol–water partition coefficient (Wildman–Crippen LogP) is 1.70. The molecule has 7 nitrogen and oxygen atoms in total. The minimum atomic E-state index is -0.0494. The number of rotatable bonds is 4. The van der Waals surface area contributed by atoms with Crippen LogP contribution in [0.3, 0.4) is 0 Å². The highest BCUT2D eigenvalue weighted by Gasteiger charge is 2.23. The smallest absolute Gasteiger partial charge is 0.255 e. The lowest BCUT2D eigenvalue weighted by Crippen LogP contribution is -2.45. The Hall–Kier alpha value is -2.41. The SMILES string of the molecule is C[C@H]1CN(c2ccc(C(=O)N(C)Cc3cnn(C)c3)cn2)C[C@H](C)O1. The Morgan fingerprint density at radius 2 is 2.00 bits per heavy atom. The molecular formula is C18H25N5O2. The van der Waals surface area contributed by atoms with Gasteiger partial charge >= 0.3 is 0 Å². The molecule has 1 saturated heterocycles. The largest absolute Gasteiger partial charge is 0.372 e. The molecule has 0 unspecified atom stereocenters. The Labute approximate surface area is 148 Å². The zero-order chi connectivity index (χ0) is 18.0. The van der Waals surface area contributed by atoms with Crippen LogP contribution in [0.2, 0.25) is 0 Å². The van der Waals surface area contributed by atoms with Crippen LogP contribution in [0.25, 0.3) is 0 Å². The van der Waals surface area contributed by atoms with Crippen molar-refractivity contribution in [3.8, 4) is 0 Å². The van der Waals surface area contributed by atoms with E-state index in [-0.39, 0.29) is 18.1 Å². The molecule has 1 aliphatic heterocycles. The van der Waals surface area contributed by atoms with Gasteiger partial charge in [0.2, 0.25) is 0 Å². The topological polar surface area (TPSA) is 63.5 Å². The van der Waals surface area contributed by atoms with Gasteiger partial charge in [0.1, 0.15) is 5.82 Å². The number of anilines is 1. The molecule has 25 heavy (non-hydrogen) atoms. The standard InChI is InChI=1S/C18H25N5O2/c1-13-9-23(10-14(2)25-13)17-6-5-16(8-19-17)18(24)21(3)11-15-7-20-22(4)12-15/h5-8,12-14H,9-11H2,1-4H3/t13-,14-/m0/s1. The molecule has 0 aliphatic carbocycles. The van der Waals surface area contributed by atoms with Crippen molar-refractivity contribution in [1.82, 2.24) is 19.7 Å². The molecule has 3 heterocycles. The van der Waals surface area contributed by atoms with Crippen molar-refractivity contribution in [2.24, 2.45) is 7.05 Å². The van der Waals surface area contributed by atoms with E-state index in [4.69, 9.17) is 4.74 Å². The van der Waals surface area contributed by atoms with Gasteiger partial charge in [-0.1, -0.05) is 0 Å². The third-order valence-corrected chi connectivity index (χ3v) is 4.26. The van der Waals surface area contributed by atoms with Crippen LogP contribution in [0.4, 0.5) is 5.82 Å². The van der Waals surface area contributed by atoms with E-state index in [1.165, 1.54) is 0 Å². The number of aromatic nitrogens is 3. The summed E-state index contributed by atoms with van der Waals surface area (Å²) in [6, 6.07) is 3.76. The molecule has 0 N–H and O–H groups in total. The van der Waals surface area contributed by atoms with Gasteiger partial charge < -0.3 is 14.5 Å². The van der Waals surface area contributed by atoms with Crippen molar-refractivity contribution in [3.05, 3.63) is 41.9 Å². The molecule has 0 aromatic carbocycles.